The van der Waals surface area contributed by atoms with E-state index in [1.807, 2.05) is 4.57 Å². The van der Waals surface area contributed by atoms with Crippen molar-refractivity contribution in [1.82, 2.24) is 29.8 Å². The molecule has 0 bridgehead atoms. The number of oxazole rings is 1. The largest absolute Gasteiger partial charge is 0.443 e. The van der Waals surface area contributed by atoms with Crippen LogP contribution in [0.4, 0.5) is 4.39 Å². The lowest BCUT2D eigenvalue weighted by molar-refractivity contribution is 0.0417. The second kappa shape index (κ2) is 9.66. The third kappa shape index (κ3) is 4.39. The minimum absolute atomic E-state index is 0.223. The summed E-state index contributed by atoms with van der Waals surface area (Å²) in [6.07, 6.45) is 6.89. The zero-order valence-corrected chi connectivity index (χ0v) is 20.8. The highest BCUT2D eigenvalue weighted by atomic mass is 35.5. The van der Waals surface area contributed by atoms with E-state index in [2.05, 4.69) is 20.3 Å². The average Bonchev–Trinajstić information content (AvgIpc) is 3.65. The SMILES string of the molecule is O=C(N[C@H]1CCC[C@@H](n2c(-c3ccccc3F)nc3cnc(-c4ncco4)cc32)[C@@H]1O)c1ncc(Cl)s1. The number of imidazole rings is 1. The Morgan fingerprint density at radius 2 is 2.08 bits per heavy atom. The first-order valence-corrected chi connectivity index (χ1v) is 12.8. The predicted molar refractivity (Wildman–Crippen MR) is 136 cm³/mol. The summed E-state index contributed by atoms with van der Waals surface area (Å²) in [5, 5.41) is 14.6. The van der Waals surface area contributed by atoms with Crippen LogP contribution >= 0.6 is 22.9 Å². The Morgan fingerprint density at radius 3 is 2.84 bits per heavy atom. The van der Waals surface area contributed by atoms with E-state index < -0.39 is 29.9 Å². The third-order valence-electron chi connectivity index (χ3n) is 6.48. The van der Waals surface area contributed by atoms with Crippen molar-refractivity contribution >= 4 is 39.9 Å². The van der Waals surface area contributed by atoms with E-state index in [0.717, 1.165) is 17.8 Å². The molecule has 1 saturated carbocycles. The molecule has 1 aromatic carbocycles. The first-order chi connectivity index (χ1) is 18.0. The van der Waals surface area contributed by atoms with E-state index in [-0.39, 0.29) is 5.01 Å². The fourth-order valence-corrected chi connectivity index (χ4v) is 5.63. The van der Waals surface area contributed by atoms with Crippen molar-refractivity contribution in [2.45, 2.75) is 37.5 Å². The Kier molecular flexibility index (Phi) is 6.19. The van der Waals surface area contributed by atoms with E-state index in [0.29, 0.717) is 51.2 Å². The summed E-state index contributed by atoms with van der Waals surface area (Å²) in [5.74, 6) is -0.141. The second-order valence-electron chi connectivity index (χ2n) is 8.72. The molecule has 1 aliphatic carbocycles. The molecule has 2 N–H and O–H groups in total. The first-order valence-electron chi connectivity index (χ1n) is 11.6. The van der Waals surface area contributed by atoms with Crippen molar-refractivity contribution in [1.29, 1.82) is 0 Å². The van der Waals surface area contributed by atoms with Crippen LogP contribution in [0.1, 0.15) is 35.1 Å². The number of hydrogen-bond acceptors (Lipinski definition) is 8. The molecule has 9 nitrogen and oxygen atoms in total. The monoisotopic (exact) mass is 538 g/mol. The number of carbonyl (C=O) groups excluding carboxylic acids is 1. The quantitative estimate of drug-likeness (QED) is 0.327. The molecule has 3 atom stereocenters. The van der Waals surface area contributed by atoms with Crippen LogP contribution in [0.2, 0.25) is 4.34 Å². The molecule has 0 spiro atoms. The van der Waals surface area contributed by atoms with Gasteiger partial charge in [0.15, 0.2) is 5.01 Å². The molecule has 1 amide bonds. The molecule has 0 aliphatic heterocycles. The summed E-state index contributed by atoms with van der Waals surface area (Å²) in [6, 6.07) is 7.08. The number of carbonyl (C=O) groups is 1. The summed E-state index contributed by atoms with van der Waals surface area (Å²) < 4.78 is 22.6. The van der Waals surface area contributed by atoms with Gasteiger partial charge in [-0.1, -0.05) is 35.1 Å². The van der Waals surface area contributed by atoms with Crippen molar-refractivity contribution in [3.8, 4) is 23.0 Å². The number of rotatable bonds is 5. The Labute approximate surface area is 219 Å². The number of aliphatic hydroxyl groups excluding tert-OH is 1. The molecule has 0 unspecified atom stereocenters. The van der Waals surface area contributed by atoms with Crippen molar-refractivity contribution < 1.29 is 18.7 Å². The van der Waals surface area contributed by atoms with Gasteiger partial charge in [0.05, 0.1) is 47.9 Å². The lowest BCUT2D eigenvalue weighted by Gasteiger charge is -2.36. The first kappa shape index (κ1) is 23.7. The number of benzene rings is 1. The molecular weight excluding hydrogens is 519 g/mol. The molecule has 188 valence electrons. The van der Waals surface area contributed by atoms with Gasteiger partial charge in [0.1, 0.15) is 33.5 Å². The molecule has 4 aromatic heterocycles. The minimum Gasteiger partial charge on any atom is -0.443 e. The van der Waals surface area contributed by atoms with Crippen molar-refractivity contribution in [2.24, 2.45) is 0 Å². The highest BCUT2D eigenvalue weighted by Crippen LogP contribution is 2.38. The standard InChI is InChI=1S/C25H20ClFN6O3S/c26-20-12-30-25(37-20)23(35)32-15-6-3-7-18(21(15)34)33-19-10-16(24-28-8-9-36-24)29-11-17(19)31-22(33)13-4-1-2-5-14(13)27/h1-2,4-5,8-12,15,18,21,34H,3,6-7H2,(H,32,35)/t15-,18+,21+/m0/s1. The van der Waals surface area contributed by atoms with Crippen molar-refractivity contribution in [3.63, 3.8) is 0 Å². The smallest absolute Gasteiger partial charge is 0.280 e. The molecular formula is C25H20ClFN6O3S. The van der Waals surface area contributed by atoms with E-state index in [1.165, 1.54) is 24.7 Å². The number of fused-ring (bicyclic) bond motifs is 1. The number of hydrogen-bond donors (Lipinski definition) is 2. The van der Waals surface area contributed by atoms with Gasteiger partial charge in [-0.15, -0.1) is 0 Å². The summed E-state index contributed by atoms with van der Waals surface area (Å²) in [4.78, 5) is 30.1. The molecule has 1 aliphatic rings. The van der Waals surface area contributed by atoms with E-state index >= 15 is 0 Å². The average molecular weight is 539 g/mol. The highest BCUT2D eigenvalue weighted by molar-refractivity contribution is 7.17. The summed E-state index contributed by atoms with van der Waals surface area (Å²) in [5.41, 5.74) is 1.95. The van der Waals surface area contributed by atoms with Crippen LogP contribution < -0.4 is 5.32 Å². The molecule has 5 aromatic rings. The van der Waals surface area contributed by atoms with Gasteiger partial charge in [0, 0.05) is 0 Å². The Morgan fingerprint density at radius 1 is 1.22 bits per heavy atom. The number of aliphatic hydroxyl groups is 1. The van der Waals surface area contributed by atoms with Crippen LogP contribution in [-0.2, 0) is 0 Å². The number of pyridine rings is 1. The van der Waals surface area contributed by atoms with Crippen molar-refractivity contribution in [3.05, 3.63) is 70.3 Å². The van der Waals surface area contributed by atoms with Gasteiger partial charge in [-0.3, -0.25) is 4.79 Å². The van der Waals surface area contributed by atoms with Crippen LogP contribution in [0.25, 0.3) is 34.0 Å². The van der Waals surface area contributed by atoms with E-state index in [9.17, 15) is 14.3 Å². The molecule has 37 heavy (non-hydrogen) atoms. The maximum absolute atomic E-state index is 15.0. The minimum atomic E-state index is -0.977. The topological polar surface area (TPSA) is 119 Å². The molecule has 0 radical (unpaired) electrons. The van der Waals surface area contributed by atoms with Gasteiger partial charge < -0.3 is 19.4 Å². The summed E-state index contributed by atoms with van der Waals surface area (Å²) >= 11 is 7.00. The highest BCUT2D eigenvalue weighted by Gasteiger charge is 2.37. The normalized spacial score (nSPS) is 19.8. The Balaban J connectivity index is 1.44. The number of nitrogens with one attached hydrogen (secondary N) is 1. The maximum Gasteiger partial charge on any atom is 0.280 e. The number of nitrogens with zero attached hydrogens (tertiary/aromatic N) is 5. The molecule has 4 heterocycles. The zero-order valence-electron chi connectivity index (χ0n) is 19.2. The molecule has 6 rings (SSSR count). The summed E-state index contributed by atoms with van der Waals surface area (Å²) in [7, 11) is 0. The number of amides is 1. The fraction of sp³-hybridized carbons (Fsp3) is 0.240. The number of aromatic nitrogens is 5. The lowest BCUT2D eigenvalue weighted by Crippen LogP contribution is -2.49. The molecule has 1 fully saturated rings. The number of halogens is 2. The zero-order chi connectivity index (χ0) is 25.5. The molecule has 12 heteroatoms. The van der Waals surface area contributed by atoms with Crippen LogP contribution in [0.5, 0.6) is 0 Å². The van der Waals surface area contributed by atoms with Crippen LogP contribution in [0.15, 0.2) is 59.6 Å². The molecule has 0 saturated heterocycles. The van der Waals surface area contributed by atoms with Gasteiger partial charge in [-0.2, -0.15) is 0 Å². The predicted octanol–water partition coefficient (Wildman–Crippen LogP) is 4.89. The van der Waals surface area contributed by atoms with Gasteiger partial charge >= 0.3 is 0 Å². The van der Waals surface area contributed by atoms with Crippen LogP contribution in [0.3, 0.4) is 0 Å². The van der Waals surface area contributed by atoms with E-state index in [4.69, 9.17) is 21.0 Å². The second-order valence-corrected chi connectivity index (χ2v) is 10.4. The van der Waals surface area contributed by atoms with E-state index in [1.54, 1.807) is 30.5 Å². The van der Waals surface area contributed by atoms with Crippen molar-refractivity contribution in [2.75, 3.05) is 0 Å². The van der Waals surface area contributed by atoms with Gasteiger partial charge in [0.25, 0.3) is 5.91 Å². The third-order valence-corrected chi connectivity index (χ3v) is 7.60. The Hall–Kier alpha value is -3.67. The van der Waals surface area contributed by atoms with Gasteiger partial charge in [-0.25, -0.2) is 24.3 Å². The van der Waals surface area contributed by atoms with Gasteiger partial charge in [0.2, 0.25) is 5.89 Å². The van der Waals surface area contributed by atoms with Gasteiger partial charge in [-0.05, 0) is 37.5 Å². The fourth-order valence-electron chi connectivity index (χ4n) is 4.82. The maximum atomic E-state index is 15.0. The number of thiazole rings is 1. The van der Waals surface area contributed by atoms with Crippen LogP contribution in [0, 0.1) is 5.82 Å². The Bertz CT molecular complexity index is 1590. The summed E-state index contributed by atoms with van der Waals surface area (Å²) in [6.45, 7) is 0. The lowest BCUT2D eigenvalue weighted by atomic mass is 9.87. The van der Waals surface area contributed by atoms with Crippen LogP contribution in [-0.4, -0.2) is 47.7 Å².